The number of benzene rings is 2. The van der Waals surface area contributed by atoms with Gasteiger partial charge in [-0.3, -0.25) is 47.9 Å². The van der Waals surface area contributed by atoms with Crippen LogP contribution in [-0.4, -0.2) is 131 Å². The van der Waals surface area contributed by atoms with E-state index in [9.17, 15) is 52.7 Å². The largest absolute Gasteiger partial charge is 0.430 e. The Morgan fingerprint density at radius 1 is 0.463 bits per heavy atom. The average Bonchev–Trinajstić information content (AvgIpc) is 3.39. The summed E-state index contributed by atoms with van der Waals surface area (Å²) in [5.41, 5.74) is 11.8. The average molecular weight is 1180 g/mol. The minimum absolute atomic E-state index is 0.0204. The molecule has 0 saturated heterocycles. The van der Waals surface area contributed by atoms with Crippen molar-refractivity contribution in [1.29, 1.82) is 0 Å². The van der Waals surface area contributed by atoms with Crippen LogP contribution in [0.15, 0.2) is 60.7 Å². The molecule has 0 aliphatic rings. The van der Waals surface area contributed by atoms with Crippen LogP contribution in [-0.2, 0) is 60.8 Å². The fourth-order valence-corrected chi connectivity index (χ4v) is 17.1. The molecule has 0 aliphatic heterocycles. The van der Waals surface area contributed by atoms with Gasteiger partial charge in [-0.05, 0) is 43.1 Å². The molecule has 0 radical (unpaired) electrons. The maximum Gasteiger partial charge on any atom is 0.266 e. The van der Waals surface area contributed by atoms with E-state index in [1.807, 2.05) is 77.9 Å². The standard InChI is InChI=1S/C29H48FN5O5Si.C29H49N5O6Si/c1-19(2)25(35-24(38)18-41(30,28(3,4)5)29(6,7)8)27(40)32-15-14-23(37)34-21(26(39)33-17-22(31)36)16-20-12-10-9-11-13-20;1-19(2)25(34-24(37)18-41(40,28(3,4)5)29(6,7)8)27(39)31-15-14-23(36)33-21(26(38)32-17-22(30)35)16-20-12-10-9-11-13-20/h9-13,19,21,25H,14-18H2,1-8H3,(H2,31,36)(H,32,40)(H,33,39)(H,34,37)(H,35,38);9-13,19,21,25,40H,14-18H2,1-8H3,(H2,30,35)(H,31,39)(H,32,38)(H,33,36)(H,34,37)/t2*21-,25-/m00/s1/i30-1;. The van der Waals surface area contributed by atoms with E-state index in [0.29, 0.717) is 0 Å². The van der Waals surface area contributed by atoms with Crippen LogP contribution in [0.25, 0.3) is 0 Å². The molecule has 2 aromatic carbocycles. The summed E-state index contributed by atoms with van der Waals surface area (Å²) in [6.45, 7) is 28.8. The number of nitrogens with two attached hydrogens (primary N) is 2. The van der Waals surface area contributed by atoms with Gasteiger partial charge in [0.05, 0.1) is 19.1 Å². The summed E-state index contributed by atoms with van der Waals surface area (Å²) < 4.78 is 16.3. The maximum atomic E-state index is 16.3. The van der Waals surface area contributed by atoms with Crippen molar-refractivity contribution in [3.63, 3.8) is 0 Å². The molecule has 2 rings (SSSR count). The Morgan fingerprint density at radius 2 is 0.780 bits per heavy atom. The molecule has 4 atom stereocenters. The third-order valence-electron chi connectivity index (χ3n) is 14.3. The predicted molar refractivity (Wildman–Crippen MR) is 321 cm³/mol. The molecule has 10 amide bonds. The van der Waals surface area contributed by atoms with Gasteiger partial charge in [-0.25, -0.2) is 0 Å². The molecule has 24 heteroatoms. The first kappa shape index (κ1) is 73.5. The molecular formula is C58H97FN10O11Si2. The highest BCUT2D eigenvalue weighted by atomic mass is 28.4. The molecule has 13 N–H and O–H groups in total. The van der Waals surface area contributed by atoms with Crippen LogP contribution >= 0.6 is 0 Å². The quantitative estimate of drug-likeness (QED) is 0.0428. The van der Waals surface area contributed by atoms with Crippen molar-refractivity contribution in [2.45, 2.75) is 193 Å². The van der Waals surface area contributed by atoms with Crippen LogP contribution in [0.4, 0.5) is 4.11 Å². The second kappa shape index (κ2) is 32.3. The second-order valence-electron chi connectivity index (χ2n) is 25.7. The number of rotatable bonds is 28. The van der Waals surface area contributed by atoms with Crippen molar-refractivity contribution < 1.29 is 56.8 Å². The highest BCUT2D eigenvalue weighted by Gasteiger charge is 2.57. The predicted octanol–water partition coefficient (Wildman–Crippen LogP) is 3.98. The van der Waals surface area contributed by atoms with Gasteiger partial charge in [-0.1, -0.05) is 171 Å². The molecule has 0 heterocycles. The van der Waals surface area contributed by atoms with Gasteiger partial charge >= 0.3 is 0 Å². The summed E-state index contributed by atoms with van der Waals surface area (Å²) in [6.07, 6.45) is 0.143. The molecule has 0 fully saturated rings. The number of hydrogen-bond acceptors (Lipinski definition) is 11. The highest BCUT2D eigenvalue weighted by Crippen LogP contribution is 2.54. The zero-order valence-corrected chi connectivity index (χ0v) is 53.4. The number of nitrogens with one attached hydrogen (secondary N) is 8. The van der Waals surface area contributed by atoms with Crippen LogP contribution in [0.3, 0.4) is 0 Å². The minimum atomic E-state index is -3.61. The van der Waals surface area contributed by atoms with Gasteiger partial charge in [0.2, 0.25) is 67.4 Å². The van der Waals surface area contributed by atoms with Crippen molar-refractivity contribution in [2.24, 2.45) is 23.3 Å². The Hall–Kier alpha value is -6.54. The van der Waals surface area contributed by atoms with Crippen LogP contribution in [0.1, 0.15) is 135 Å². The molecule has 0 aromatic heterocycles. The van der Waals surface area contributed by atoms with E-state index in [4.69, 9.17) is 11.5 Å². The van der Waals surface area contributed by atoms with Gasteiger partial charge in [0.25, 0.3) is 8.41 Å². The van der Waals surface area contributed by atoms with E-state index in [2.05, 4.69) is 42.5 Å². The lowest BCUT2D eigenvalue weighted by molar-refractivity contribution is -0.130. The zero-order valence-electron chi connectivity index (χ0n) is 51.4. The van der Waals surface area contributed by atoms with Crippen molar-refractivity contribution >= 4 is 75.8 Å². The molecule has 2 aromatic rings. The summed E-state index contributed by atoms with van der Waals surface area (Å²) in [5, 5.41) is 18.7. The van der Waals surface area contributed by atoms with Crippen molar-refractivity contribution in [2.75, 3.05) is 26.2 Å². The number of hydrogen-bond donors (Lipinski definition) is 11. The van der Waals surface area contributed by atoms with Crippen LogP contribution in [0.2, 0.25) is 32.2 Å². The van der Waals surface area contributed by atoms with E-state index in [1.54, 1.807) is 93.5 Å². The van der Waals surface area contributed by atoms with E-state index in [-0.39, 0.29) is 81.7 Å². The van der Waals surface area contributed by atoms with Gasteiger partial charge < -0.3 is 62.9 Å². The second-order valence-corrected chi connectivity index (χ2v) is 35.7. The van der Waals surface area contributed by atoms with Gasteiger partial charge in [0, 0.05) is 44.8 Å². The number of halogens is 1. The third-order valence-corrected chi connectivity index (χ3v) is 25.6. The molecule has 0 saturated carbocycles. The molecule has 82 heavy (non-hydrogen) atoms. The summed E-state index contributed by atoms with van der Waals surface area (Å²) in [5.74, 6) is -5.86. The molecule has 0 unspecified atom stereocenters. The van der Waals surface area contributed by atoms with Crippen molar-refractivity contribution in [3.05, 3.63) is 71.8 Å². The summed E-state index contributed by atoms with van der Waals surface area (Å²) >= 11 is 0. The van der Waals surface area contributed by atoms with Crippen LogP contribution in [0.5, 0.6) is 0 Å². The first-order chi connectivity index (χ1) is 37.6. The number of carbonyl (C=O) groups excluding carboxylic acids is 10. The lowest BCUT2D eigenvalue weighted by atomic mass is 10.0. The van der Waals surface area contributed by atoms with Gasteiger partial charge in [-0.2, -0.15) is 0 Å². The SMILES string of the molecule is CC(C)[C@H](NC(=O)C[Si](O)(C(C)(C)C)C(C)(C)C)C(=O)NCCC(=O)N[C@@H](Cc1ccccc1)C(=O)NCC(N)=O.CC(C)[C@H](NC(=O)C[Si]([18F])(C(C)(C)C)C(C)(C)C)C(=O)NCCC(=O)N[C@@H](Cc1ccccc1)C(=O)NCC(N)=O. The van der Waals surface area contributed by atoms with Gasteiger partial charge in [0.15, 0.2) is 0 Å². The smallest absolute Gasteiger partial charge is 0.266 e. The molecule has 0 aliphatic carbocycles. The first-order valence-corrected chi connectivity index (χ1v) is 32.1. The van der Waals surface area contributed by atoms with E-state index in [1.165, 1.54) is 0 Å². The molecule has 0 spiro atoms. The Balaban J connectivity index is 0.000000820. The Kier molecular flexibility index (Phi) is 29.0. The van der Waals surface area contributed by atoms with Crippen molar-refractivity contribution in [3.8, 4) is 0 Å². The van der Waals surface area contributed by atoms with Gasteiger partial charge in [0.1, 0.15) is 24.2 Å². The summed E-state index contributed by atoms with van der Waals surface area (Å²) in [7, 11) is -6.73. The third kappa shape index (κ3) is 24.5. The Labute approximate surface area is 487 Å². The monoisotopic (exact) mass is 1180 g/mol. The maximum absolute atomic E-state index is 16.3. The number of primary amides is 2. The lowest BCUT2D eigenvalue weighted by Gasteiger charge is -2.46. The summed E-state index contributed by atoms with van der Waals surface area (Å²) in [6, 6.07) is 14.1. The van der Waals surface area contributed by atoms with E-state index >= 15 is 4.11 Å². The van der Waals surface area contributed by atoms with Crippen molar-refractivity contribution in [1.82, 2.24) is 42.5 Å². The lowest BCUT2D eigenvalue weighted by Crippen LogP contribution is -2.57. The first-order valence-electron chi connectivity index (χ1n) is 27.9. The number of carbonyl (C=O) groups is 10. The summed E-state index contributed by atoms with van der Waals surface area (Å²) in [4.78, 5) is 136. The molecular weight excluding hydrogens is 1090 g/mol. The topological polar surface area (TPSA) is 339 Å². The molecule has 21 nitrogen and oxygen atoms in total. The van der Waals surface area contributed by atoms with Crippen LogP contribution in [0, 0.1) is 11.8 Å². The number of amides is 10. The van der Waals surface area contributed by atoms with E-state index < -0.39 is 114 Å². The fraction of sp³-hybridized carbons (Fsp3) is 0.621. The normalized spacial score (nSPS) is 13.6. The van der Waals surface area contributed by atoms with Gasteiger partial charge in [-0.15, -0.1) is 0 Å². The van der Waals surface area contributed by atoms with Crippen LogP contribution < -0.4 is 54.0 Å². The zero-order chi connectivity index (χ0) is 63.2. The molecule has 460 valence electrons. The Morgan fingerprint density at radius 3 is 1.06 bits per heavy atom. The molecule has 0 bridgehead atoms. The fourth-order valence-electron chi connectivity index (χ4n) is 9.35. The van der Waals surface area contributed by atoms with E-state index in [0.717, 1.165) is 11.1 Å². The minimum Gasteiger partial charge on any atom is -0.430 e. The highest BCUT2D eigenvalue weighted by molar-refractivity contribution is 6.81. The Bertz CT molecular complexity index is 2280.